The number of carbonyl (C=O) groups is 1. The molecule has 0 saturated heterocycles. The van der Waals surface area contributed by atoms with Gasteiger partial charge < -0.3 is 9.64 Å². The molecule has 0 N–H and O–H groups in total. The van der Waals surface area contributed by atoms with E-state index in [0.29, 0.717) is 23.6 Å². The Kier molecular flexibility index (Phi) is 7.12. The maximum Gasteiger partial charge on any atom is 0.338 e. The highest BCUT2D eigenvalue weighted by Crippen LogP contribution is 2.33. The summed E-state index contributed by atoms with van der Waals surface area (Å²) in [4.78, 5) is 14.9. The molecule has 33 heavy (non-hydrogen) atoms. The molecule has 3 aromatic carbocycles. The summed E-state index contributed by atoms with van der Waals surface area (Å²) in [6.45, 7) is 5.97. The van der Waals surface area contributed by atoms with Crippen LogP contribution in [0.15, 0.2) is 78.9 Å². The number of esters is 1. The van der Waals surface area contributed by atoms with Gasteiger partial charge in [-0.05, 0) is 56.7 Å². The molecule has 174 valence electrons. The lowest BCUT2D eigenvalue weighted by Crippen LogP contribution is -2.27. The number of benzene rings is 3. The van der Waals surface area contributed by atoms with Crippen LogP contribution in [0.25, 0.3) is 0 Å². The van der Waals surface area contributed by atoms with Crippen molar-refractivity contribution in [3.8, 4) is 0 Å². The molecule has 0 atom stereocenters. The van der Waals surface area contributed by atoms with Crippen LogP contribution in [0.3, 0.4) is 0 Å². The van der Waals surface area contributed by atoms with E-state index in [1.807, 2.05) is 48.3 Å². The first-order chi connectivity index (χ1) is 15.4. The Morgan fingerprint density at radius 2 is 1.39 bits per heavy atom. The minimum Gasteiger partial charge on any atom is -0.456 e. The van der Waals surface area contributed by atoms with Gasteiger partial charge in [0.2, 0.25) is 10.0 Å². The Labute approximate surface area is 196 Å². The van der Waals surface area contributed by atoms with Gasteiger partial charge in [-0.15, -0.1) is 0 Å². The van der Waals surface area contributed by atoms with Crippen LogP contribution in [-0.2, 0) is 21.3 Å². The van der Waals surface area contributed by atoms with Crippen LogP contribution < -0.4 is 9.21 Å². The van der Waals surface area contributed by atoms with Crippen molar-refractivity contribution in [1.29, 1.82) is 0 Å². The van der Waals surface area contributed by atoms with Crippen LogP contribution in [0.4, 0.5) is 17.1 Å². The van der Waals surface area contributed by atoms with E-state index in [0.717, 1.165) is 11.8 Å². The van der Waals surface area contributed by atoms with Crippen LogP contribution in [0, 0.1) is 0 Å². The summed E-state index contributed by atoms with van der Waals surface area (Å²) >= 11 is 0. The summed E-state index contributed by atoms with van der Waals surface area (Å²) < 4.78 is 32.4. The predicted octanol–water partition coefficient (Wildman–Crippen LogP) is 5.38. The van der Waals surface area contributed by atoms with E-state index in [2.05, 4.69) is 0 Å². The molecule has 0 aliphatic carbocycles. The van der Waals surface area contributed by atoms with E-state index in [1.165, 1.54) is 4.31 Å². The number of hydrogen-bond acceptors (Lipinski definition) is 5. The Morgan fingerprint density at radius 1 is 0.848 bits per heavy atom. The largest absolute Gasteiger partial charge is 0.456 e. The zero-order valence-electron chi connectivity index (χ0n) is 19.6. The van der Waals surface area contributed by atoms with Crippen LogP contribution >= 0.6 is 0 Å². The van der Waals surface area contributed by atoms with Gasteiger partial charge in [0, 0.05) is 19.3 Å². The summed E-state index contributed by atoms with van der Waals surface area (Å²) in [6, 6.07) is 23.8. The molecular weight excluding hydrogens is 436 g/mol. The van der Waals surface area contributed by atoms with Gasteiger partial charge in [0.05, 0.1) is 23.2 Å². The molecule has 0 saturated carbocycles. The van der Waals surface area contributed by atoms with Gasteiger partial charge in [0.1, 0.15) is 5.60 Å². The molecule has 0 fully saturated rings. The first-order valence-corrected chi connectivity index (χ1v) is 12.5. The number of hydrogen-bond donors (Lipinski definition) is 0. The highest BCUT2D eigenvalue weighted by atomic mass is 32.2. The zero-order valence-corrected chi connectivity index (χ0v) is 20.5. The molecule has 0 spiro atoms. The molecule has 0 aliphatic heterocycles. The Morgan fingerprint density at radius 3 is 1.94 bits per heavy atom. The standard InChI is InChI=1S/C26H30N2O4S/c1-26(2,3)32-25(29)21-16-23(27(4)19-20-12-8-6-9-13-20)18-24(17-21)28(33(5,30)31)22-14-10-7-11-15-22/h6-18H,19H2,1-5H3. The number of rotatable bonds is 7. The molecule has 0 heterocycles. The fraction of sp³-hybridized carbons (Fsp3) is 0.269. The van der Waals surface area contributed by atoms with E-state index in [9.17, 15) is 13.2 Å². The maximum atomic E-state index is 12.9. The summed E-state index contributed by atoms with van der Waals surface area (Å²) in [5.41, 5.74) is 2.23. The smallest absolute Gasteiger partial charge is 0.338 e. The second-order valence-electron chi connectivity index (χ2n) is 8.94. The van der Waals surface area contributed by atoms with Gasteiger partial charge in [-0.2, -0.15) is 0 Å². The molecule has 0 aliphatic rings. The minimum atomic E-state index is -3.69. The van der Waals surface area contributed by atoms with E-state index >= 15 is 0 Å². The molecule has 0 bridgehead atoms. The van der Waals surface area contributed by atoms with Gasteiger partial charge in [-0.1, -0.05) is 48.5 Å². The molecule has 0 amide bonds. The van der Waals surface area contributed by atoms with Crippen LogP contribution in [0.5, 0.6) is 0 Å². The number of nitrogens with zero attached hydrogens (tertiary/aromatic N) is 2. The number of ether oxygens (including phenoxy) is 1. The highest BCUT2D eigenvalue weighted by Gasteiger charge is 2.24. The second kappa shape index (κ2) is 9.67. The average Bonchev–Trinajstić information content (AvgIpc) is 2.73. The molecule has 6 nitrogen and oxygen atoms in total. The molecule has 0 radical (unpaired) electrons. The van der Waals surface area contributed by atoms with Gasteiger partial charge in [0.15, 0.2) is 0 Å². The lowest BCUT2D eigenvalue weighted by atomic mass is 10.1. The first kappa shape index (κ1) is 24.3. The number of anilines is 3. The Hall–Kier alpha value is -3.32. The van der Waals surface area contributed by atoms with Crippen LogP contribution in [-0.4, -0.2) is 33.3 Å². The Balaban J connectivity index is 2.12. The lowest BCUT2D eigenvalue weighted by molar-refractivity contribution is 0.00695. The van der Waals surface area contributed by atoms with Crippen LogP contribution in [0.1, 0.15) is 36.7 Å². The monoisotopic (exact) mass is 466 g/mol. The van der Waals surface area contributed by atoms with Crippen molar-refractivity contribution in [1.82, 2.24) is 0 Å². The third-order valence-corrected chi connectivity index (χ3v) is 5.88. The van der Waals surface area contributed by atoms with Gasteiger partial charge in [-0.25, -0.2) is 17.5 Å². The molecule has 7 heteroatoms. The first-order valence-electron chi connectivity index (χ1n) is 10.6. The van der Waals surface area contributed by atoms with Gasteiger partial charge in [0.25, 0.3) is 0 Å². The molecular formula is C26H30N2O4S. The summed E-state index contributed by atoms with van der Waals surface area (Å²) in [7, 11) is -1.79. The fourth-order valence-electron chi connectivity index (χ4n) is 3.43. The SMILES string of the molecule is CN(Cc1ccccc1)c1cc(C(=O)OC(C)(C)C)cc(N(c2ccccc2)S(C)(=O)=O)c1. The van der Waals surface area contributed by atoms with Crippen LogP contribution in [0.2, 0.25) is 0 Å². The van der Waals surface area contributed by atoms with Crippen molar-refractivity contribution in [3.63, 3.8) is 0 Å². The van der Waals surface area contributed by atoms with Crippen molar-refractivity contribution < 1.29 is 17.9 Å². The topological polar surface area (TPSA) is 66.9 Å². The van der Waals surface area contributed by atoms with Crippen molar-refractivity contribution in [2.45, 2.75) is 32.9 Å². The maximum absolute atomic E-state index is 12.9. The summed E-state index contributed by atoms with van der Waals surface area (Å²) in [5, 5.41) is 0. The molecule has 3 aromatic rings. The van der Waals surface area contributed by atoms with Crippen molar-refractivity contribution in [3.05, 3.63) is 90.0 Å². The van der Waals surface area contributed by atoms with E-state index < -0.39 is 21.6 Å². The third kappa shape index (κ3) is 6.58. The third-order valence-electron chi connectivity index (χ3n) is 4.80. The van der Waals surface area contributed by atoms with Gasteiger partial charge >= 0.3 is 5.97 Å². The number of para-hydroxylation sites is 1. The summed E-state index contributed by atoms with van der Waals surface area (Å²) in [5.74, 6) is -0.514. The van der Waals surface area contributed by atoms with Gasteiger partial charge in [-0.3, -0.25) is 0 Å². The minimum absolute atomic E-state index is 0.280. The normalized spacial score (nSPS) is 11.7. The summed E-state index contributed by atoms with van der Waals surface area (Å²) in [6.07, 6.45) is 1.15. The van der Waals surface area contributed by atoms with Crippen molar-refractivity contribution in [2.75, 3.05) is 22.5 Å². The lowest BCUT2D eigenvalue weighted by Gasteiger charge is -2.27. The van der Waals surface area contributed by atoms with E-state index in [-0.39, 0.29) is 5.56 Å². The number of carbonyl (C=O) groups excluding carboxylic acids is 1. The predicted molar refractivity (Wildman–Crippen MR) is 134 cm³/mol. The van der Waals surface area contributed by atoms with Crippen molar-refractivity contribution in [2.24, 2.45) is 0 Å². The zero-order chi connectivity index (χ0) is 24.2. The average molecular weight is 467 g/mol. The van der Waals surface area contributed by atoms with E-state index in [1.54, 1.807) is 63.2 Å². The molecule has 0 unspecified atom stereocenters. The quantitative estimate of drug-likeness (QED) is 0.438. The molecule has 0 aromatic heterocycles. The highest BCUT2D eigenvalue weighted by molar-refractivity contribution is 7.92. The van der Waals surface area contributed by atoms with Crippen molar-refractivity contribution >= 4 is 33.1 Å². The Bertz CT molecular complexity index is 1200. The number of sulfonamides is 1. The second-order valence-corrected chi connectivity index (χ2v) is 10.8. The molecule has 3 rings (SSSR count). The fourth-order valence-corrected chi connectivity index (χ4v) is 4.42. The van der Waals surface area contributed by atoms with E-state index in [4.69, 9.17) is 4.74 Å².